The predicted octanol–water partition coefficient (Wildman–Crippen LogP) is 3.91. The average molecular weight is 306 g/mol. The third kappa shape index (κ3) is 2.78. The lowest BCUT2D eigenvalue weighted by molar-refractivity contribution is 0.278. The van der Waals surface area contributed by atoms with Gasteiger partial charge in [-0.1, -0.05) is 25.4 Å². The van der Waals surface area contributed by atoms with Gasteiger partial charge in [-0.2, -0.15) is 0 Å². The third-order valence-electron chi connectivity index (χ3n) is 3.89. The molecule has 2 N–H and O–H groups in total. The van der Waals surface area contributed by atoms with E-state index < -0.39 is 0 Å². The summed E-state index contributed by atoms with van der Waals surface area (Å²) in [5, 5.41) is 0.314. The van der Waals surface area contributed by atoms with Crippen LogP contribution in [0.3, 0.4) is 0 Å². The summed E-state index contributed by atoms with van der Waals surface area (Å²) in [5.41, 5.74) is 8.92. The third-order valence-corrected chi connectivity index (χ3v) is 4.20. The van der Waals surface area contributed by atoms with Crippen molar-refractivity contribution in [2.75, 3.05) is 0 Å². The van der Waals surface area contributed by atoms with Gasteiger partial charge in [0.15, 0.2) is 5.82 Å². The van der Waals surface area contributed by atoms with Crippen molar-refractivity contribution in [1.29, 1.82) is 0 Å². The van der Waals surface area contributed by atoms with E-state index in [1.165, 1.54) is 12.1 Å². The highest BCUT2D eigenvalue weighted by Gasteiger charge is 2.31. The van der Waals surface area contributed by atoms with Gasteiger partial charge in [0.25, 0.3) is 0 Å². The van der Waals surface area contributed by atoms with Crippen molar-refractivity contribution in [3.63, 3.8) is 0 Å². The molecule has 0 aliphatic heterocycles. The minimum absolute atomic E-state index is 0.0403. The van der Waals surface area contributed by atoms with Crippen molar-refractivity contribution in [1.82, 2.24) is 9.97 Å². The van der Waals surface area contributed by atoms with Crippen molar-refractivity contribution in [2.24, 2.45) is 11.1 Å². The number of benzene rings is 1. The summed E-state index contributed by atoms with van der Waals surface area (Å²) < 4.78 is 13.1. The van der Waals surface area contributed by atoms with Crippen LogP contribution < -0.4 is 5.73 Å². The van der Waals surface area contributed by atoms with Crippen LogP contribution in [0, 0.1) is 11.2 Å². The Kier molecular flexibility index (Phi) is 3.46. The SMILES string of the molecule is CC1(C)Cc2nc(-c3ccc(F)cc3Cl)ncc2C(N)C1. The highest BCUT2D eigenvalue weighted by molar-refractivity contribution is 6.33. The molecule has 1 unspecified atom stereocenters. The molecule has 1 aliphatic carbocycles. The summed E-state index contributed by atoms with van der Waals surface area (Å²) in [6, 6.07) is 4.20. The molecule has 0 bridgehead atoms. The van der Waals surface area contributed by atoms with Gasteiger partial charge >= 0.3 is 0 Å². The van der Waals surface area contributed by atoms with Gasteiger partial charge in [0.2, 0.25) is 0 Å². The number of halogens is 2. The van der Waals surface area contributed by atoms with Gasteiger partial charge in [-0.05, 0) is 36.5 Å². The van der Waals surface area contributed by atoms with E-state index in [1.807, 2.05) is 0 Å². The summed E-state index contributed by atoms with van der Waals surface area (Å²) in [6.45, 7) is 4.37. The second-order valence-electron chi connectivity index (χ2n) is 6.37. The van der Waals surface area contributed by atoms with Crippen molar-refractivity contribution < 1.29 is 4.39 Å². The first kappa shape index (κ1) is 14.4. The van der Waals surface area contributed by atoms with Crippen LogP contribution in [0.2, 0.25) is 5.02 Å². The lowest BCUT2D eigenvalue weighted by Crippen LogP contribution is -2.30. The molecule has 0 radical (unpaired) electrons. The van der Waals surface area contributed by atoms with E-state index in [1.54, 1.807) is 12.3 Å². The van der Waals surface area contributed by atoms with Crippen LogP contribution in [0.4, 0.5) is 4.39 Å². The molecule has 0 saturated carbocycles. The molecule has 21 heavy (non-hydrogen) atoms. The van der Waals surface area contributed by atoms with Crippen LogP contribution in [-0.4, -0.2) is 9.97 Å². The normalized spacial score (nSPS) is 20.1. The predicted molar refractivity (Wildman–Crippen MR) is 81.5 cm³/mol. The first-order valence-electron chi connectivity index (χ1n) is 6.92. The smallest absolute Gasteiger partial charge is 0.160 e. The lowest BCUT2D eigenvalue weighted by atomic mass is 9.74. The highest BCUT2D eigenvalue weighted by atomic mass is 35.5. The molecule has 1 aromatic heterocycles. The Morgan fingerprint density at radius 2 is 2.14 bits per heavy atom. The average Bonchev–Trinajstić information content (AvgIpc) is 2.36. The van der Waals surface area contributed by atoms with Gasteiger partial charge < -0.3 is 5.73 Å². The van der Waals surface area contributed by atoms with Gasteiger partial charge in [0.1, 0.15) is 5.82 Å². The van der Waals surface area contributed by atoms with Gasteiger partial charge in [0.05, 0.1) is 5.02 Å². The quantitative estimate of drug-likeness (QED) is 0.869. The van der Waals surface area contributed by atoms with Crippen LogP contribution in [0.15, 0.2) is 24.4 Å². The molecule has 1 aliphatic rings. The van der Waals surface area contributed by atoms with E-state index in [0.717, 1.165) is 24.1 Å². The second kappa shape index (κ2) is 5.04. The second-order valence-corrected chi connectivity index (χ2v) is 6.78. The lowest BCUT2D eigenvalue weighted by Gasteiger charge is -2.34. The maximum atomic E-state index is 13.1. The zero-order chi connectivity index (χ0) is 15.2. The monoisotopic (exact) mass is 305 g/mol. The molecule has 3 rings (SSSR count). The summed E-state index contributed by atoms with van der Waals surface area (Å²) in [6.07, 6.45) is 3.54. The number of hydrogen-bond acceptors (Lipinski definition) is 3. The van der Waals surface area contributed by atoms with Gasteiger partial charge in [0, 0.05) is 29.1 Å². The zero-order valence-electron chi connectivity index (χ0n) is 12.0. The Morgan fingerprint density at radius 3 is 2.86 bits per heavy atom. The van der Waals surface area contributed by atoms with E-state index in [9.17, 15) is 4.39 Å². The molecule has 1 heterocycles. The zero-order valence-corrected chi connectivity index (χ0v) is 12.8. The summed E-state index contributed by atoms with van der Waals surface area (Å²) >= 11 is 6.09. The molecule has 1 aromatic carbocycles. The summed E-state index contributed by atoms with van der Waals surface area (Å²) in [7, 11) is 0. The molecule has 5 heteroatoms. The molecular weight excluding hydrogens is 289 g/mol. The summed E-state index contributed by atoms with van der Waals surface area (Å²) in [5.74, 6) is 0.147. The Labute approximate surface area is 128 Å². The number of rotatable bonds is 1. The van der Waals surface area contributed by atoms with Crippen molar-refractivity contribution in [3.05, 3.63) is 46.5 Å². The standard InChI is InChI=1S/C16H17ClFN3/c1-16(2)6-13(19)11-8-20-15(21-14(11)7-16)10-4-3-9(18)5-12(10)17/h3-5,8,13H,6-7,19H2,1-2H3. The first-order valence-corrected chi connectivity index (χ1v) is 7.30. The fourth-order valence-corrected chi connectivity index (χ4v) is 3.16. The van der Waals surface area contributed by atoms with Crippen LogP contribution in [-0.2, 0) is 6.42 Å². The Morgan fingerprint density at radius 1 is 1.38 bits per heavy atom. The highest BCUT2D eigenvalue weighted by Crippen LogP contribution is 2.39. The Balaban J connectivity index is 2.07. The first-order chi connectivity index (χ1) is 9.85. The molecule has 1 atom stereocenters. The van der Waals surface area contributed by atoms with E-state index in [-0.39, 0.29) is 17.3 Å². The molecule has 110 valence electrons. The minimum Gasteiger partial charge on any atom is -0.324 e. The minimum atomic E-state index is -0.370. The topological polar surface area (TPSA) is 51.8 Å². The molecular formula is C16H17ClFN3. The van der Waals surface area contributed by atoms with Crippen LogP contribution in [0.25, 0.3) is 11.4 Å². The maximum absolute atomic E-state index is 13.1. The van der Waals surface area contributed by atoms with E-state index in [0.29, 0.717) is 16.4 Å². The number of nitrogens with zero attached hydrogens (tertiary/aromatic N) is 2. The molecule has 0 saturated heterocycles. The molecule has 2 aromatic rings. The van der Waals surface area contributed by atoms with Gasteiger partial charge in [-0.3, -0.25) is 0 Å². The largest absolute Gasteiger partial charge is 0.324 e. The molecule has 3 nitrogen and oxygen atoms in total. The van der Waals surface area contributed by atoms with Crippen LogP contribution in [0.5, 0.6) is 0 Å². The number of aromatic nitrogens is 2. The van der Waals surface area contributed by atoms with Crippen molar-refractivity contribution >= 4 is 11.6 Å². The maximum Gasteiger partial charge on any atom is 0.160 e. The Hall–Kier alpha value is -1.52. The van der Waals surface area contributed by atoms with E-state index in [4.69, 9.17) is 17.3 Å². The van der Waals surface area contributed by atoms with Crippen LogP contribution >= 0.6 is 11.6 Å². The van der Waals surface area contributed by atoms with E-state index >= 15 is 0 Å². The molecule has 0 spiro atoms. The molecule has 0 amide bonds. The van der Waals surface area contributed by atoms with Crippen LogP contribution in [0.1, 0.15) is 37.6 Å². The number of fused-ring (bicyclic) bond motifs is 1. The Bertz CT molecular complexity index is 700. The van der Waals surface area contributed by atoms with Gasteiger partial charge in [-0.15, -0.1) is 0 Å². The van der Waals surface area contributed by atoms with Crippen molar-refractivity contribution in [2.45, 2.75) is 32.7 Å². The summed E-state index contributed by atoms with van der Waals surface area (Å²) in [4.78, 5) is 8.97. The van der Waals surface area contributed by atoms with Gasteiger partial charge in [-0.25, -0.2) is 14.4 Å². The number of nitrogens with two attached hydrogens (primary N) is 1. The van der Waals surface area contributed by atoms with Crippen molar-refractivity contribution in [3.8, 4) is 11.4 Å². The number of hydrogen-bond donors (Lipinski definition) is 1. The molecule has 0 fully saturated rings. The van der Waals surface area contributed by atoms with E-state index in [2.05, 4.69) is 23.8 Å². The fraction of sp³-hybridized carbons (Fsp3) is 0.375. The fourth-order valence-electron chi connectivity index (χ4n) is 2.91.